The zero-order valence-electron chi connectivity index (χ0n) is 14.3. The summed E-state index contributed by atoms with van der Waals surface area (Å²) in [6, 6.07) is 7.64. The van der Waals surface area contributed by atoms with E-state index in [0.29, 0.717) is 17.3 Å². The molecule has 3 rings (SSSR count). The van der Waals surface area contributed by atoms with Crippen molar-refractivity contribution in [3.8, 4) is 17.0 Å². The van der Waals surface area contributed by atoms with Gasteiger partial charge in [0.2, 0.25) is 4.96 Å². The number of fused-ring (bicyclic) bond motifs is 1. The Morgan fingerprint density at radius 1 is 1.21 bits per heavy atom. The maximum absolute atomic E-state index is 11.6. The second-order valence-corrected chi connectivity index (χ2v) is 7.48. The van der Waals surface area contributed by atoms with Gasteiger partial charge >= 0.3 is 0 Å². The molecule has 0 radical (unpaired) electrons. The third-order valence-corrected chi connectivity index (χ3v) is 4.40. The minimum Gasteiger partial charge on any atom is -0.491 e. The van der Waals surface area contributed by atoms with Crippen molar-refractivity contribution in [1.82, 2.24) is 14.6 Å². The number of aromatic nitrogens is 3. The smallest absolute Gasteiger partial charge is 0.213 e. The highest BCUT2D eigenvalue weighted by atomic mass is 32.1. The summed E-state index contributed by atoms with van der Waals surface area (Å²) in [5.74, 6) is 1.33. The molecule has 0 saturated heterocycles. The molecule has 0 unspecified atom stereocenters. The average molecular weight is 343 g/mol. The predicted molar refractivity (Wildman–Crippen MR) is 96.0 cm³/mol. The minimum atomic E-state index is 0.128. The van der Waals surface area contributed by atoms with Crippen LogP contribution in [-0.4, -0.2) is 27.0 Å². The summed E-state index contributed by atoms with van der Waals surface area (Å²) in [4.78, 5) is 17.0. The molecule has 0 saturated carbocycles. The first kappa shape index (κ1) is 16.6. The van der Waals surface area contributed by atoms with Gasteiger partial charge in [-0.2, -0.15) is 9.61 Å². The highest BCUT2D eigenvalue weighted by molar-refractivity contribution is 7.16. The Labute approximate surface area is 145 Å². The number of nitrogens with zero attached hydrogens (tertiary/aromatic N) is 3. The standard InChI is InChI=1S/C18H21N3O2S/c1-11(2)9-16-20-21-15(10-22)17(19-18(21)24-16)13-5-7-14(8-6-13)23-12(3)4/h5-8,10-12H,9H2,1-4H3. The molecule has 0 bridgehead atoms. The topological polar surface area (TPSA) is 56.5 Å². The summed E-state index contributed by atoms with van der Waals surface area (Å²) in [6.07, 6.45) is 1.85. The SMILES string of the molecule is CC(C)Cc1nn2c(C=O)c(-c3ccc(OC(C)C)cc3)nc2s1. The van der Waals surface area contributed by atoms with Crippen LogP contribution >= 0.6 is 11.3 Å². The molecule has 0 aliphatic heterocycles. The third-order valence-electron chi connectivity index (χ3n) is 3.47. The molecule has 3 aromatic rings. The first-order valence-electron chi connectivity index (χ1n) is 8.08. The molecule has 0 fully saturated rings. The van der Waals surface area contributed by atoms with Crippen molar-refractivity contribution in [3.05, 3.63) is 35.0 Å². The van der Waals surface area contributed by atoms with Crippen LogP contribution in [0.2, 0.25) is 0 Å². The van der Waals surface area contributed by atoms with Gasteiger partial charge in [0.1, 0.15) is 22.1 Å². The van der Waals surface area contributed by atoms with E-state index in [2.05, 4.69) is 23.9 Å². The molecular weight excluding hydrogens is 322 g/mol. The van der Waals surface area contributed by atoms with Gasteiger partial charge in [-0.25, -0.2) is 4.98 Å². The Morgan fingerprint density at radius 2 is 1.92 bits per heavy atom. The van der Waals surface area contributed by atoms with Gasteiger partial charge in [-0.3, -0.25) is 4.79 Å². The van der Waals surface area contributed by atoms with Crippen molar-refractivity contribution >= 4 is 22.6 Å². The van der Waals surface area contributed by atoms with Gasteiger partial charge in [-0.1, -0.05) is 25.2 Å². The van der Waals surface area contributed by atoms with Crippen LogP contribution in [0.1, 0.15) is 43.2 Å². The van der Waals surface area contributed by atoms with Gasteiger partial charge in [0.05, 0.1) is 6.10 Å². The number of carbonyl (C=O) groups excluding carboxylic acids is 1. The Balaban J connectivity index is 1.97. The number of aldehydes is 1. The van der Waals surface area contributed by atoms with E-state index in [1.54, 1.807) is 4.52 Å². The molecule has 2 aromatic heterocycles. The second kappa shape index (κ2) is 6.73. The van der Waals surface area contributed by atoms with Gasteiger partial charge in [0, 0.05) is 12.0 Å². The number of hydrogen-bond donors (Lipinski definition) is 0. The van der Waals surface area contributed by atoms with Gasteiger partial charge in [0.25, 0.3) is 0 Å². The van der Waals surface area contributed by atoms with Crippen molar-refractivity contribution in [2.75, 3.05) is 0 Å². The number of ether oxygens (including phenoxy) is 1. The quantitative estimate of drug-likeness (QED) is 0.628. The molecule has 5 nitrogen and oxygen atoms in total. The molecule has 2 heterocycles. The van der Waals surface area contributed by atoms with Gasteiger partial charge < -0.3 is 4.74 Å². The number of carbonyl (C=O) groups is 1. The van der Waals surface area contributed by atoms with Gasteiger partial charge in [-0.15, -0.1) is 0 Å². The number of imidazole rings is 1. The highest BCUT2D eigenvalue weighted by Crippen LogP contribution is 2.28. The summed E-state index contributed by atoms with van der Waals surface area (Å²) in [6.45, 7) is 8.28. The van der Waals surface area contributed by atoms with E-state index in [-0.39, 0.29) is 6.10 Å². The zero-order chi connectivity index (χ0) is 17.3. The van der Waals surface area contributed by atoms with Crippen LogP contribution < -0.4 is 4.74 Å². The average Bonchev–Trinajstić information content (AvgIpc) is 3.03. The van der Waals surface area contributed by atoms with E-state index in [1.165, 1.54) is 11.3 Å². The van der Waals surface area contributed by atoms with Crippen molar-refractivity contribution in [1.29, 1.82) is 0 Å². The lowest BCUT2D eigenvalue weighted by Gasteiger charge is -2.09. The Bertz CT molecular complexity index is 847. The zero-order valence-corrected chi connectivity index (χ0v) is 15.1. The molecule has 0 N–H and O–H groups in total. The lowest BCUT2D eigenvalue weighted by atomic mass is 10.1. The molecule has 0 spiro atoms. The summed E-state index contributed by atoms with van der Waals surface area (Å²) in [5, 5.41) is 5.55. The Hall–Kier alpha value is -2.21. The number of rotatable bonds is 6. The van der Waals surface area contributed by atoms with Crippen LogP contribution in [0.3, 0.4) is 0 Å². The number of hydrogen-bond acceptors (Lipinski definition) is 5. The largest absolute Gasteiger partial charge is 0.491 e. The monoisotopic (exact) mass is 343 g/mol. The van der Waals surface area contributed by atoms with E-state index >= 15 is 0 Å². The molecular formula is C18H21N3O2S. The van der Waals surface area contributed by atoms with Crippen molar-refractivity contribution in [2.45, 2.75) is 40.2 Å². The van der Waals surface area contributed by atoms with E-state index in [0.717, 1.165) is 34.0 Å². The highest BCUT2D eigenvalue weighted by Gasteiger charge is 2.18. The van der Waals surface area contributed by atoms with Crippen molar-refractivity contribution in [3.63, 3.8) is 0 Å². The first-order chi connectivity index (χ1) is 11.5. The van der Waals surface area contributed by atoms with E-state index in [9.17, 15) is 4.79 Å². The van der Waals surface area contributed by atoms with Gasteiger partial charge in [0.15, 0.2) is 6.29 Å². The number of benzene rings is 1. The van der Waals surface area contributed by atoms with Gasteiger partial charge in [-0.05, 0) is 44.0 Å². The maximum atomic E-state index is 11.6. The van der Waals surface area contributed by atoms with E-state index in [1.807, 2.05) is 38.1 Å². The summed E-state index contributed by atoms with van der Waals surface area (Å²) in [5.41, 5.74) is 2.04. The first-order valence-corrected chi connectivity index (χ1v) is 8.90. The molecule has 0 aliphatic rings. The minimum absolute atomic E-state index is 0.128. The van der Waals surface area contributed by atoms with Crippen LogP contribution in [-0.2, 0) is 6.42 Å². The maximum Gasteiger partial charge on any atom is 0.213 e. The lowest BCUT2D eigenvalue weighted by molar-refractivity contribution is 0.111. The molecule has 6 heteroatoms. The normalized spacial score (nSPS) is 11.6. The fraction of sp³-hybridized carbons (Fsp3) is 0.389. The molecule has 126 valence electrons. The fourth-order valence-electron chi connectivity index (χ4n) is 2.52. The molecule has 24 heavy (non-hydrogen) atoms. The van der Waals surface area contributed by atoms with Crippen LogP contribution in [0.25, 0.3) is 16.2 Å². The van der Waals surface area contributed by atoms with E-state index in [4.69, 9.17) is 4.74 Å². The van der Waals surface area contributed by atoms with Crippen molar-refractivity contribution < 1.29 is 9.53 Å². The second-order valence-electron chi connectivity index (χ2n) is 6.44. The van der Waals surface area contributed by atoms with Crippen LogP contribution in [0.15, 0.2) is 24.3 Å². The molecule has 0 amide bonds. The lowest BCUT2D eigenvalue weighted by Crippen LogP contribution is -2.05. The summed E-state index contributed by atoms with van der Waals surface area (Å²) >= 11 is 1.54. The van der Waals surface area contributed by atoms with Crippen LogP contribution in [0, 0.1) is 5.92 Å². The summed E-state index contributed by atoms with van der Waals surface area (Å²) in [7, 11) is 0. The van der Waals surface area contributed by atoms with Crippen molar-refractivity contribution in [2.24, 2.45) is 5.92 Å². The molecule has 0 aliphatic carbocycles. The predicted octanol–water partition coefficient (Wildman–Crippen LogP) is 4.26. The Morgan fingerprint density at radius 3 is 2.50 bits per heavy atom. The van der Waals surface area contributed by atoms with E-state index < -0.39 is 0 Å². The van der Waals surface area contributed by atoms with Crippen LogP contribution in [0.4, 0.5) is 0 Å². The summed E-state index contributed by atoms with van der Waals surface area (Å²) < 4.78 is 7.31. The molecule has 0 atom stereocenters. The fourth-order valence-corrected chi connectivity index (χ4v) is 3.63. The third kappa shape index (κ3) is 3.33. The molecule has 1 aromatic carbocycles. The van der Waals surface area contributed by atoms with Crippen LogP contribution in [0.5, 0.6) is 5.75 Å². The Kier molecular flexibility index (Phi) is 4.66.